The molecule has 13 atom stereocenters. The molecule has 1 aliphatic heterocycles. The lowest BCUT2D eigenvalue weighted by Gasteiger charge is -2.71. The molecular weight excluding hydrogens is 961 g/mol. The Morgan fingerprint density at radius 1 is 0.720 bits per heavy atom. The molecule has 7 rings (SSSR count). The lowest BCUT2D eigenvalue weighted by Crippen LogP contribution is -2.66. The van der Waals surface area contributed by atoms with Crippen LogP contribution >= 0.6 is 0 Å². The summed E-state index contributed by atoms with van der Waals surface area (Å²) in [6.45, 7) is 22.1. The van der Waals surface area contributed by atoms with E-state index in [-0.39, 0.29) is 70.6 Å². The van der Waals surface area contributed by atoms with Gasteiger partial charge in [-0.05, 0) is 122 Å². The van der Waals surface area contributed by atoms with E-state index in [4.69, 9.17) is 28.4 Å². The molecular formula is C58H90N4O13. The predicted octanol–water partition coefficient (Wildman–Crippen LogP) is 9.19. The third kappa shape index (κ3) is 12.3. The molecule has 6 aliphatic rings. The Hall–Kier alpha value is -4.38. The van der Waals surface area contributed by atoms with Gasteiger partial charge in [-0.25, -0.2) is 0 Å². The molecule has 420 valence electrons. The van der Waals surface area contributed by atoms with Gasteiger partial charge in [0.1, 0.15) is 25.0 Å². The number of carbonyl (C=O) groups excluding carboxylic acids is 6. The smallest absolute Gasteiger partial charge is 0.313 e. The van der Waals surface area contributed by atoms with Crippen LogP contribution in [0.15, 0.2) is 17.8 Å². The number of nitrogens with one attached hydrogen (secondary N) is 1. The van der Waals surface area contributed by atoms with Crippen molar-refractivity contribution in [2.45, 2.75) is 248 Å². The van der Waals surface area contributed by atoms with Gasteiger partial charge in [-0.15, -0.1) is 5.10 Å². The Labute approximate surface area is 445 Å². The minimum atomic E-state index is -1.35. The number of nitrogens with zero attached hydrogens (tertiary/aromatic N) is 3. The van der Waals surface area contributed by atoms with Gasteiger partial charge in [0.2, 0.25) is 5.91 Å². The van der Waals surface area contributed by atoms with Crippen molar-refractivity contribution in [3.63, 3.8) is 0 Å². The van der Waals surface area contributed by atoms with Crippen LogP contribution in [0.1, 0.15) is 204 Å². The first-order valence-electron chi connectivity index (χ1n) is 28.3. The average molecular weight is 1050 g/mol. The number of aliphatic hydroxyl groups is 1. The summed E-state index contributed by atoms with van der Waals surface area (Å²) >= 11 is 0. The normalized spacial score (nSPS) is 35.4. The van der Waals surface area contributed by atoms with Gasteiger partial charge in [-0.3, -0.25) is 33.4 Å². The number of aryl methyl sites for hydroxylation is 1. The Bertz CT molecular complexity index is 2280. The molecule has 2 heterocycles. The predicted molar refractivity (Wildman–Crippen MR) is 277 cm³/mol. The Kier molecular flexibility index (Phi) is 18.1. The number of fused-ring (bicyclic) bond motifs is 7. The van der Waals surface area contributed by atoms with E-state index in [1.54, 1.807) is 0 Å². The fraction of sp³-hybridized carbons (Fsp3) is 0.828. The van der Waals surface area contributed by atoms with Crippen molar-refractivity contribution in [1.82, 2.24) is 20.3 Å². The van der Waals surface area contributed by atoms with Gasteiger partial charge in [0.05, 0.1) is 17.7 Å². The van der Waals surface area contributed by atoms with E-state index in [1.807, 2.05) is 10.9 Å². The largest absolute Gasteiger partial charge is 0.463 e. The van der Waals surface area contributed by atoms with Crippen molar-refractivity contribution in [3.05, 3.63) is 23.5 Å². The van der Waals surface area contributed by atoms with Crippen molar-refractivity contribution in [1.29, 1.82) is 0 Å². The first-order valence-corrected chi connectivity index (χ1v) is 28.3. The number of carbonyl (C=O) groups is 6. The van der Waals surface area contributed by atoms with Gasteiger partial charge in [0.15, 0.2) is 24.5 Å². The van der Waals surface area contributed by atoms with Crippen molar-refractivity contribution >= 4 is 35.8 Å². The number of aromatic nitrogens is 3. The monoisotopic (exact) mass is 1050 g/mol. The summed E-state index contributed by atoms with van der Waals surface area (Å²) in [5, 5.41) is 22.7. The molecule has 0 bridgehead atoms. The minimum absolute atomic E-state index is 0.00644. The number of ether oxygens (including phenoxy) is 6. The molecule has 0 spiro atoms. The quantitative estimate of drug-likeness (QED) is 0.0538. The summed E-state index contributed by atoms with van der Waals surface area (Å²) in [5.41, 5.74) is 2.00. The highest BCUT2D eigenvalue weighted by atomic mass is 16.7. The third-order valence-corrected chi connectivity index (χ3v) is 19.8. The van der Waals surface area contributed by atoms with Crippen molar-refractivity contribution in [2.24, 2.45) is 50.2 Å². The van der Waals surface area contributed by atoms with Gasteiger partial charge in [-0.2, -0.15) is 0 Å². The fourth-order valence-electron chi connectivity index (χ4n) is 15.6. The molecule has 17 nitrogen and oxygen atoms in total. The van der Waals surface area contributed by atoms with E-state index >= 15 is 0 Å². The maximum absolute atomic E-state index is 14.6. The average Bonchev–Trinajstić information content (AvgIpc) is 3.78. The van der Waals surface area contributed by atoms with Crippen molar-refractivity contribution < 1.29 is 62.3 Å². The highest BCUT2D eigenvalue weighted by molar-refractivity contribution is 5.79. The number of amides is 1. The fourth-order valence-corrected chi connectivity index (χ4v) is 15.6. The van der Waals surface area contributed by atoms with Gasteiger partial charge < -0.3 is 38.8 Å². The third-order valence-electron chi connectivity index (χ3n) is 19.8. The number of unbranched alkanes of at least 4 members (excludes halogenated alkanes) is 7. The first-order chi connectivity index (χ1) is 35.3. The van der Waals surface area contributed by atoms with Crippen LogP contribution in [0.2, 0.25) is 0 Å². The first kappa shape index (κ1) is 58.3. The summed E-state index contributed by atoms with van der Waals surface area (Å²) in [5.74, 6) is -2.11. The summed E-state index contributed by atoms with van der Waals surface area (Å²) in [7, 11) is 0. The number of esters is 5. The van der Waals surface area contributed by atoms with E-state index in [0.29, 0.717) is 24.0 Å². The zero-order chi connectivity index (χ0) is 54.7. The van der Waals surface area contributed by atoms with Gasteiger partial charge in [-0.1, -0.05) is 104 Å². The lowest BCUT2D eigenvalue weighted by molar-refractivity contribution is -0.257. The summed E-state index contributed by atoms with van der Waals surface area (Å²) < 4.78 is 35.5. The van der Waals surface area contributed by atoms with Crippen LogP contribution in [0.5, 0.6) is 0 Å². The van der Waals surface area contributed by atoms with Crippen LogP contribution in [-0.2, 0) is 70.3 Å². The molecule has 0 aromatic carbocycles. The molecule has 1 aromatic rings. The van der Waals surface area contributed by atoms with Gasteiger partial charge >= 0.3 is 29.8 Å². The summed E-state index contributed by atoms with van der Waals surface area (Å²) in [6, 6.07) is 0. The van der Waals surface area contributed by atoms with Crippen LogP contribution in [0.3, 0.4) is 0 Å². The second-order valence-corrected chi connectivity index (χ2v) is 25.6. The topological polar surface area (TPSA) is 221 Å². The van der Waals surface area contributed by atoms with Crippen LogP contribution in [0.25, 0.3) is 0 Å². The van der Waals surface area contributed by atoms with Crippen LogP contribution in [0.4, 0.5) is 0 Å². The number of hydrogen-bond acceptors (Lipinski definition) is 15. The SMILES string of the molecule is CC(=O)OC[C@H]1O[C@@H](NC(=O)CCCCCCCCCCn2cc(COC(=O)[C@]34CCC(C)(C)C[C@H]3C3=CC[C@@H]5[C@@]6(C)CC[C@H](O)C(C)(C)[C@@H]6CC[C@@]5(C)[C@]3(C)CC4)nn2)[C@H](OC(C)=O)[C@@H](OC(C)=O)[C@@H]1OC(C)=O. The number of rotatable bonds is 20. The Morgan fingerprint density at radius 2 is 1.35 bits per heavy atom. The molecule has 2 N–H and O–H groups in total. The molecule has 5 aliphatic carbocycles. The molecule has 1 aromatic heterocycles. The van der Waals surface area contributed by atoms with E-state index in [2.05, 4.69) is 70.2 Å². The molecule has 0 unspecified atom stereocenters. The molecule has 75 heavy (non-hydrogen) atoms. The molecule has 1 amide bonds. The van der Waals surface area contributed by atoms with Gasteiger partial charge in [0, 0.05) is 40.7 Å². The zero-order valence-corrected chi connectivity index (χ0v) is 47.1. The minimum Gasteiger partial charge on any atom is -0.463 e. The highest BCUT2D eigenvalue weighted by Gasteiger charge is 2.69. The Balaban J connectivity index is 0.838. The zero-order valence-electron chi connectivity index (χ0n) is 47.1. The lowest BCUT2D eigenvalue weighted by atomic mass is 9.33. The van der Waals surface area contributed by atoms with E-state index < -0.39 is 59.9 Å². The second kappa shape index (κ2) is 23.3. The van der Waals surface area contributed by atoms with E-state index in [9.17, 15) is 33.9 Å². The number of hydrogen-bond donors (Lipinski definition) is 2. The summed E-state index contributed by atoms with van der Waals surface area (Å²) in [6.07, 6.45) is 15.4. The molecule has 5 fully saturated rings. The number of allylic oxidation sites excluding steroid dienone is 2. The molecule has 1 saturated heterocycles. The molecule has 4 saturated carbocycles. The van der Waals surface area contributed by atoms with E-state index in [0.717, 1.165) is 136 Å². The van der Waals surface area contributed by atoms with Gasteiger partial charge in [0.25, 0.3) is 0 Å². The van der Waals surface area contributed by atoms with Crippen LogP contribution < -0.4 is 5.32 Å². The van der Waals surface area contributed by atoms with Crippen LogP contribution in [0, 0.1) is 50.2 Å². The maximum Gasteiger partial charge on any atom is 0.313 e. The summed E-state index contributed by atoms with van der Waals surface area (Å²) in [4.78, 5) is 75.7. The van der Waals surface area contributed by atoms with Crippen molar-refractivity contribution in [2.75, 3.05) is 6.61 Å². The molecule has 0 radical (unpaired) electrons. The van der Waals surface area contributed by atoms with Crippen LogP contribution in [-0.4, -0.2) is 99.2 Å². The highest BCUT2D eigenvalue weighted by Crippen LogP contribution is 2.76. The standard InChI is InChI=1S/C58H90N4O13/c1-36(63)70-35-43-48(72-37(2)64)49(73-38(3)65)50(74-39(4)66)51(75-43)59-47(68)20-18-16-14-12-13-15-17-19-31-62-33-40(60-61-62)34-71-52(69)58-29-27-53(5,6)32-42(58)41-21-22-45-55(9)25-24-46(67)54(7,8)44(55)23-26-57(45,11)56(41,10)28-30-58/h21,33,42-46,48-51,67H,12-20,22-32,34-35H2,1-11H3,(H,59,68)/t42-,43+,44-,45+,46-,48+,49-,50+,51+,55-,56+,57+,58-/m0/s1. The number of aliphatic hydroxyl groups excluding tert-OH is 1. The Morgan fingerprint density at radius 3 is 2.01 bits per heavy atom. The molecule has 17 heteroatoms. The maximum atomic E-state index is 14.6. The second-order valence-electron chi connectivity index (χ2n) is 25.6. The van der Waals surface area contributed by atoms with E-state index in [1.165, 1.54) is 12.5 Å². The van der Waals surface area contributed by atoms with Crippen molar-refractivity contribution in [3.8, 4) is 0 Å².